The molecule has 2 aromatic carbocycles. The maximum atomic E-state index is 11.2. The maximum absolute atomic E-state index is 11.2. The summed E-state index contributed by atoms with van der Waals surface area (Å²) in [5, 5.41) is 31.9. The van der Waals surface area contributed by atoms with Crippen LogP contribution in [-0.4, -0.2) is 61.3 Å². The van der Waals surface area contributed by atoms with Crippen LogP contribution in [-0.2, 0) is 14.4 Å². The molecular weight excluding hydrogens is 538 g/mol. The molecule has 11 nitrogen and oxygen atoms in total. The molecule has 0 aliphatic heterocycles. The summed E-state index contributed by atoms with van der Waals surface area (Å²) < 4.78 is 0. The van der Waals surface area contributed by atoms with Crippen molar-refractivity contribution in [3.05, 3.63) is 121 Å². The number of carboxylic acids is 3. The highest BCUT2D eigenvalue weighted by Gasteiger charge is 2.27. The van der Waals surface area contributed by atoms with E-state index >= 15 is 0 Å². The predicted octanol–water partition coefficient (Wildman–Crippen LogP) is 4.16. The number of aliphatic carboxylic acids is 3. The fourth-order valence-electron chi connectivity index (χ4n) is 3.59. The molecule has 220 valence electrons. The summed E-state index contributed by atoms with van der Waals surface area (Å²) in [6.45, 7) is 3.16. The minimum absolute atomic E-state index is 0.329. The van der Waals surface area contributed by atoms with Gasteiger partial charge in [-0.1, -0.05) is 60.7 Å². The lowest BCUT2D eigenvalue weighted by Crippen LogP contribution is -2.37. The largest absolute Gasteiger partial charge is 0.480 e. The molecular formula is C31H35N5O6. The summed E-state index contributed by atoms with van der Waals surface area (Å²) in [6, 6.07) is 23.8. The molecule has 0 spiro atoms. The van der Waals surface area contributed by atoms with Crippen LogP contribution in [0.25, 0.3) is 0 Å². The first kappa shape index (κ1) is 32.9. The fourth-order valence-corrected chi connectivity index (χ4v) is 3.59. The third-order valence-corrected chi connectivity index (χ3v) is 5.81. The lowest BCUT2D eigenvalue weighted by Gasteiger charge is -2.21. The molecule has 0 fully saturated rings. The summed E-state index contributed by atoms with van der Waals surface area (Å²) in [6.07, 6.45) is 6.43. The van der Waals surface area contributed by atoms with Gasteiger partial charge in [0.1, 0.15) is 18.1 Å². The molecule has 3 atom stereocenters. The molecule has 4 rings (SSSR count). The Kier molecular flexibility index (Phi) is 13.6. The van der Waals surface area contributed by atoms with Gasteiger partial charge >= 0.3 is 17.9 Å². The number of aromatic nitrogens is 2. The van der Waals surface area contributed by atoms with Crippen molar-refractivity contribution in [1.82, 2.24) is 9.97 Å². The summed E-state index contributed by atoms with van der Waals surface area (Å²) in [5.74, 6) is -3.07. The van der Waals surface area contributed by atoms with E-state index in [0.29, 0.717) is 5.69 Å². The average molecular weight is 574 g/mol. The second kappa shape index (κ2) is 17.4. The number of pyridine rings is 2. The topological polar surface area (TPSA) is 188 Å². The van der Waals surface area contributed by atoms with Crippen LogP contribution in [0.3, 0.4) is 0 Å². The first-order valence-corrected chi connectivity index (χ1v) is 13.0. The molecule has 0 aliphatic carbocycles. The van der Waals surface area contributed by atoms with Gasteiger partial charge in [0, 0.05) is 36.4 Å². The number of nitrogens with one attached hydrogen (secondary N) is 2. The van der Waals surface area contributed by atoms with E-state index in [9.17, 15) is 14.4 Å². The van der Waals surface area contributed by atoms with Crippen molar-refractivity contribution in [1.29, 1.82) is 0 Å². The SMILES string of the molecule is C[C@H](Nc1cccnc1)C(=O)O.C[C@H](Nc1ccncc1)C(=O)O.N[C@H](C(=O)O)C(c1ccccc1)c1ccccc1. The monoisotopic (exact) mass is 573 g/mol. The van der Waals surface area contributed by atoms with Gasteiger partial charge in [-0.3, -0.25) is 24.4 Å². The molecule has 42 heavy (non-hydrogen) atoms. The van der Waals surface area contributed by atoms with E-state index in [1.54, 1.807) is 62.9 Å². The Balaban J connectivity index is 0.000000228. The molecule has 0 unspecified atom stereocenters. The molecule has 2 aromatic heterocycles. The van der Waals surface area contributed by atoms with Crippen LogP contribution in [0.15, 0.2) is 110 Å². The highest BCUT2D eigenvalue weighted by molar-refractivity contribution is 5.77. The zero-order chi connectivity index (χ0) is 30.9. The Labute approximate surface area is 244 Å². The number of hydrogen-bond donors (Lipinski definition) is 6. The highest BCUT2D eigenvalue weighted by Crippen LogP contribution is 2.27. The van der Waals surface area contributed by atoms with Crippen molar-refractivity contribution in [2.45, 2.75) is 37.9 Å². The Morgan fingerprint density at radius 1 is 0.619 bits per heavy atom. The summed E-state index contributed by atoms with van der Waals surface area (Å²) in [5.41, 5.74) is 9.13. The van der Waals surface area contributed by atoms with Crippen LogP contribution < -0.4 is 16.4 Å². The van der Waals surface area contributed by atoms with E-state index in [2.05, 4.69) is 20.6 Å². The number of carbonyl (C=O) groups is 3. The molecule has 4 aromatic rings. The number of nitrogens with zero attached hydrogens (tertiary/aromatic N) is 2. The first-order valence-electron chi connectivity index (χ1n) is 13.0. The van der Waals surface area contributed by atoms with Gasteiger partial charge < -0.3 is 31.7 Å². The predicted molar refractivity (Wildman–Crippen MR) is 160 cm³/mol. The van der Waals surface area contributed by atoms with Crippen LogP contribution in [0, 0.1) is 0 Å². The molecule has 0 amide bonds. The summed E-state index contributed by atoms with van der Waals surface area (Å²) >= 11 is 0. The lowest BCUT2D eigenvalue weighted by molar-refractivity contribution is -0.139. The quantitative estimate of drug-likeness (QED) is 0.160. The number of nitrogens with two attached hydrogens (primary N) is 1. The summed E-state index contributed by atoms with van der Waals surface area (Å²) in [7, 11) is 0. The fraction of sp³-hybridized carbons (Fsp3) is 0.194. The molecule has 0 bridgehead atoms. The van der Waals surface area contributed by atoms with Crippen molar-refractivity contribution in [2.24, 2.45) is 5.73 Å². The molecule has 0 aliphatic rings. The Morgan fingerprint density at radius 3 is 1.50 bits per heavy atom. The lowest BCUT2D eigenvalue weighted by atomic mass is 9.85. The number of benzene rings is 2. The number of hydrogen-bond acceptors (Lipinski definition) is 8. The van der Waals surface area contributed by atoms with Gasteiger partial charge in [0.25, 0.3) is 0 Å². The minimum atomic E-state index is -0.993. The van der Waals surface area contributed by atoms with Gasteiger partial charge in [0.05, 0.1) is 5.69 Å². The number of carboxylic acid groups (broad SMARTS) is 3. The van der Waals surface area contributed by atoms with Crippen LogP contribution in [0.1, 0.15) is 30.9 Å². The normalized spacial score (nSPS) is 12.2. The molecule has 0 radical (unpaired) electrons. The Morgan fingerprint density at radius 2 is 1.10 bits per heavy atom. The van der Waals surface area contributed by atoms with Crippen LogP contribution in [0.2, 0.25) is 0 Å². The van der Waals surface area contributed by atoms with Crippen LogP contribution >= 0.6 is 0 Å². The third-order valence-electron chi connectivity index (χ3n) is 5.81. The van der Waals surface area contributed by atoms with E-state index in [-0.39, 0.29) is 5.92 Å². The molecule has 2 heterocycles. The Hall–Kier alpha value is -5.29. The van der Waals surface area contributed by atoms with Crippen molar-refractivity contribution >= 4 is 29.3 Å². The highest BCUT2D eigenvalue weighted by atomic mass is 16.4. The van der Waals surface area contributed by atoms with E-state index in [0.717, 1.165) is 16.8 Å². The first-order chi connectivity index (χ1) is 20.1. The molecule has 11 heteroatoms. The zero-order valence-electron chi connectivity index (χ0n) is 23.2. The summed E-state index contributed by atoms with van der Waals surface area (Å²) in [4.78, 5) is 39.7. The number of anilines is 2. The second-order valence-electron chi connectivity index (χ2n) is 9.05. The van der Waals surface area contributed by atoms with E-state index in [4.69, 9.17) is 21.1 Å². The Bertz CT molecular complexity index is 1260. The van der Waals surface area contributed by atoms with Crippen molar-refractivity contribution in [3.63, 3.8) is 0 Å². The van der Waals surface area contributed by atoms with Gasteiger partial charge in [0.15, 0.2) is 0 Å². The van der Waals surface area contributed by atoms with Gasteiger partial charge in [-0.2, -0.15) is 0 Å². The van der Waals surface area contributed by atoms with E-state index in [1.807, 2.05) is 60.7 Å². The van der Waals surface area contributed by atoms with Gasteiger partial charge in [-0.15, -0.1) is 0 Å². The molecule has 0 saturated carbocycles. The standard InChI is InChI=1S/C15H15NO2.2C8H10N2O2/c16-14(15(17)18)13(11-7-3-1-4-8-11)12-9-5-2-6-10-12;1-6(8(11)12)10-7-2-4-9-5-3-7;1-6(8(11)12)10-7-3-2-4-9-5-7/h1-10,13-14H,16H2,(H,17,18);2-6H,1H3,(H,9,10)(H,11,12);2-6,10H,1H3,(H,11,12)/t14-;2*6-/m000/s1. The van der Waals surface area contributed by atoms with Gasteiger partial charge in [-0.05, 0) is 49.2 Å². The van der Waals surface area contributed by atoms with Crippen molar-refractivity contribution < 1.29 is 29.7 Å². The van der Waals surface area contributed by atoms with Crippen LogP contribution in [0.4, 0.5) is 11.4 Å². The molecule has 0 saturated heterocycles. The van der Waals surface area contributed by atoms with Gasteiger partial charge in [-0.25, -0.2) is 0 Å². The van der Waals surface area contributed by atoms with Crippen molar-refractivity contribution in [2.75, 3.05) is 10.6 Å². The van der Waals surface area contributed by atoms with Crippen molar-refractivity contribution in [3.8, 4) is 0 Å². The maximum Gasteiger partial charge on any atom is 0.325 e. The minimum Gasteiger partial charge on any atom is -0.480 e. The second-order valence-corrected chi connectivity index (χ2v) is 9.05. The van der Waals surface area contributed by atoms with E-state index < -0.39 is 36.0 Å². The molecule has 7 N–H and O–H groups in total. The van der Waals surface area contributed by atoms with Crippen LogP contribution in [0.5, 0.6) is 0 Å². The van der Waals surface area contributed by atoms with Gasteiger partial charge in [0.2, 0.25) is 0 Å². The average Bonchev–Trinajstić information content (AvgIpc) is 3.00. The third kappa shape index (κ3) is 11.4. The number of rotatable bonds is 10. The smallest absolute Gasteiger partial charge is 0.325 e. The van der Waals surface area contributed by atoms with E-state index in [1.165, 1.54) is 0 Å². The zero-order valence-corrected chi connectivity index (χ0v) is 23.2.